The molecule has 4 nitrogen and oxygen atoms in total. The van der Waals surface area contributed by atoms with E-state index in [1.807, 2.05) is 0 Å². The van der Waals surface area contributed by atoms with Gasteiger partial charge in [-0.15, -0.1) is 0 Å². The summed E-state index contributed by atoms with van der Waals surface area (Å²) in [6.07, 6.45) is 0. The van der Waals surface area contributed by atoms with Crippen molar-refractivity contribution in [2.24, 2.45) is 0 Å². The first-order valence-electron chi connectivity index (χ1n) is 3.93. The van der Waals surface area contributed by atoms with E-state index in [-0.39, 0.29) is 11.1 Å². The minimum absolute atomic E-state index is 0.0569. The van der Waals surface area contributed by atoms with E-state index in [1.54, 1.807) is 19.9 Å². The van der Waals surface area contributed by atoms with E-state index >= 15 is 0 Å². The quantitative estimate of drug-likeness (QED) is 0.611. The third-order valence-corrected chi connectivity index (χ3v) is 1.89. The number of rotatable bonds is 1. The van der Waals surface area contributed by atoms with Gasteiger partial charge in [-0.25, -0.2) is 0 Å². The van der Waals surface area contributed by atoms with Crippen LogP contribution in [0.2, 0.25) is 0 Å². The monoisotopic (exact) mass is 177 g/mol. The highest BCUT2D eigenvalue weighted by atomic mass is 16.3. The molecule has 1 aromatic rings. The van der Waals surface area contributed by atoms with Gasteiger partial charge in [-0.1, -0.05) is 0 Å². The van der Waals surface area contributed by atoms with Crippen molar-refractivity contribution in [3.8, 4) is 11.9 Å². The summed E-state index contributed by atoms with van der Waals surface area (Å²) in [7, 11) is 0. The molecule has 0 spiro atoms. The van der Waals surface area contributed by atoms with Crippen molar-refractivity contribution in [3.63, 3.8) is 0 Å². The maximum Gasteiger partial charge on any atom is 0.250 e. The van der Waals surface area contributed by atoms with Crippen LogP contribution in [0.1, 0.15) is 18.1 Å². The van der Waals surface area contributed by atoms with Crippen molar-refractivity contribution in [2.75, 3.05) is 0 Å². The molecular formula is C9H9N2O2-. The third kappa shape index (κ3) is 1.41. The number of hydrogen-bond donors (Lipinski definition) is 0. The van der Waals surface area contributed by atoms with E-state index in [2.05, 4.69) is 0 Å². The van der Waals surface area contributed by atoms with E-state index in [1.165, 1.54) is 6.07 Å². The van der Waals surface area contributed by atoms with E-state index < -0.39 is 5.88 Å². The summed E-state index contributed by atoms with van der Waals surface area (Å²) in [5.41, 5.74) is 0.160. The Hall–Kier alpha value is -1.76. The van der Waals surface area contributed by atoms with Crippen molar-refractivity contribution in [1.29, 1.82) is 5.26 Å². The molecule has 1 heterocycles. The molecule has 4 heteroatoms. The SMILES string of the molecule is CCn1c([O-])c(C#N)c(C)cc1=O. The summed E-state index contributed by atoms with van der Waals surface area (Å²) in [5.74, 6) is -0.491. The zero-order chi connectivity index (χ0) is 10.0. The van der Waals surface area contributed by atoms with Gasteiger partial charge in [0, 0.05) is 12.6 Å². The van der Waals surface area contributed by atoms with Crippen LogP contribution < -0.4 is 10.7 Å². The van der Waals surface area contributed by atoms with Crippen molar-refractivity contribution >= 4 is 0 Å². The van der Waals surface area contributed by atoms with E-state index in [0.29, 0.717) is 12.1 Å². The van der Waals surface area contributed by atoms with Gasteiger partial charge in [-0.05, 0) is 25.3 Å². The van der Waals surface area contributed by atoms with Crippen LogP contribution in [0.15, 0.2) is 10.9 Å². The number of pyridine rings is 1. The van der Waals surface area contributed by atoms with Crippen LogP contribution in [0.5, 0.6) is 5.88 Å². The summed E-state index contributed by atoms with van der Waals surface area (Å²) >= 11 is 0. The number of hydrogen-bond acceptors (Lipinski definition) is 3. The first-order chi connectivity index (χ1) is 6.11. The summed E-state index contributed by atoms with van der Waals surface area (Å²) in [4.78, 5) is 11.2. The topological polar surface area (TPSA) is 68.8 Å². The summed E-state index contributed by atoms with van der Waals surface area (Å²) in [5, 5.41) is 20.1. The van der Waals surface area contributed by atoms with Crippen LogP contribution in [0.4, 0.5) is 0 Å². The number of aryl methyl sites for hydroxylation is 1. The molecule has 0 fully saturated rings. The molecule has 0 aliphatic rings. The Bertz CT molecular complexity index is 426. The molecule has 0 unspecified atom stereocenters. The molecule has 0 aromatic carbocycles. The number of nitriles is 1. The lowest BCUT2D eigenvalue weighted by atomic mass is 10.1. The van der Waals surface area contributed by atoms with Crippen LogP contribution in [0.25, 0.3) is 0 Å². The predicted molar refractivity (Wildman–Crippen MR) is 45.3 cm³/mol. The van der Waals surface area contributed by atoms with Crippen molar-refractivity contribution in [2.45, 2.75) is 20.4 Å². The highest BCUT2D eigenvalue weighted by molar-refractivity contribution is 5.42. The summed E-state index contributed by atoms with van der Waals surface area (Å²) < 4.78 is 1.05. The van der Waals surface area contributed by atoms with Crippen molar-refractivity contribution < 1.29 is 5.11 Å². The fourth-order valence-corrected chi connectivity index (χ4v) is 1.17. The molecule has 68 valence electrons. The molecule has 0 aliphatic heterocycles. The van der Waals surface area contributed by atoms with Crippen molar-refractivity contribution in [3.05, 3.63) is 27.5 Å². The molecule has 0 saturated heterocycles. The maximum absolute atomic E-state index is 11.4. The van der Waals surface area contributed by atoms with Gasteiger partial charge in [0.1, 0.15) is 6.07 Å². The molecular weight excluding hydrogens is 168 g/mol. The Balaban J connectivity index is 3.60. The standard InChI is InChI=1S/C9H10N2O2/c1-3-11-8(12)4-6(2)7(5-10)9(11)13/h4,13H,3H2,1-2H3/p-1. The second kappa shape index (κ2) is 3.31. The van der Waals surface area contributed by atoms with Gasteiger partial charge in [-0.3, -0.25) is 4.79 Å². The Morgan fingerprint density at radius 2 is 2.31 bits per heavy atom. The maximum atomic E-state index is 11.4. The largest absolute Gasteiger partial charge is 0.859 e. The van der Waals surface area contributed by atoms with E-state index in [4.69, 9.17) is 5.26 Å². The van der Waals surface area contributed by atoms with Gasteiger partial charge in [-0.2, -0.15) is 5.26 Å². The zero-order valence-corrected chi connectivity index (χ0v) is 7.50. The molecule has 0 saturated carbocycles. The van der Waals surface area contributed by atoms with Gasteiger partial charge in [0.2, 0.25) is 5.56 Å². The van der Waals surface area contributed by atoms with Crippen LogP contribution in [0, 0.1) is 18.3 Å². The van der Waals surface area contributed by atoms with Crippen LogP contribution in [0.3, 0.4) is 0 Å². The summed E-state index contributed by atoms with van der Waals surface area (Å²) in [6, 6.07) is 3.10. The minimum Gasteiger partial charge on any atom is -0.859 e. The molecule has 0 aliphatic carbocycles. The van der Waals surface area contributed by atoms with Gasteiger partial charge in [0.05, 0.1) is 5.56 Å². The zero-order valence-electron chi connectivity index (χ0n) is 7.50. The number of nitrogens with zero attached hydrogens (tertiary/aromatic N) is 2. The second-order valence-electron chi connectivity index (χ2n) is 2.70. The third-order valence-electron chi connectivity index (χ3n) is 1.89. The first-order valence-corrected chi connectivity index (χ1v) is 3.93. The molecule has 0 atom stereocenters. The number of aromatic nitrogens is 1. The fraction of sp³-hybridized carbons (Fsp3) is 0.333. The minimum atomic E-state index is -0.491. The average Bonchev–Trinajstić information content (AvgIpc) is 2.04. The lowest BCUT2D eigenvalue weighted by Crippen LogP contribution is -2.23. The summed E-state index contributed by atoms with van der Waals surface area (Å²) in [6.45, 7) is 3.58. The van der Waals surface area contributed by atoms with Gasteiger partial charge in [0.25, 0.3) is 0 Å². The molecule has 1 rings (SSSR count). The van der Waals surface area contributed by atoms with Crippen LogP contribution in [-0.2, 0) is 6.54 Å². The Labute approximate surface area is 75.7 Å². The van der Waals surface area contributed by atoms with Crippen molar-refractivity contribution in [1.82, 2.24) is 4.57 Å². The van der Waals surface area contributed by atoms with Gasteiger partial charge < -0.3 is 9.67 Å². The first kappa shape index (κ1) is 9.33. The highest BCUT2D eigenvalue weighted by Gasteiger charge is 2.03. The molecule has 0 radical (unpaired) electrons. The molecule has 1 aromatic heterocycles. The predicted octanol–water partition coefficient (Wildman–Crippen LogP) is 0.122. The normalized spacial score (nSPS) is 9.62. The lowest BCUT2D eigenvalue weighted by Gasteiger charge is -2.17. The van der Waals surface area contributed by atoms with E-state index in [0.717, 1.165) is 4.57 Å². The molecule has 0 amide bonds. The average molecular weight is 177 g/mol. The van der Waals surface area contributed by atoms with Gasteiger partial charge >= 0.3 is 0 Å². The second-order valence-corrected chi connectivity index (χ2v) is 2.70. The Morgan fingerprint density at radius 3 is 2.77 bits per heavy atom. The van der Waals surface area contributed by atoms with Crippen LogP contribution in [-0.4, -0.2) is 4.57 Å². The molecule has 0 bridgehead atoms. The molecule has 0 N–H and O–H groups in total. The smallest absolute Gasteiger partial charge is 0.250 e. The Morgan fingerprint density at radius 1 is 1.69 bits per heavy atom. The highest BCUT2D eigenvalue weighted by Crippen LogP contribution is 2.13. The lowest BCUT2D eigenvalue weighted by molar-refractivity contribution is -0.280. The Kier molecular flexibility index (Phi) is 2.38. The fourth-order valence-electron chi connectivity index (χ4n) is 1.17. The van der Waals surface area contributed by atoms with Crippen LogP contribution >= 0.6 is 0 Å². The van der Waals surface area contributed by atoms with Gasteiger partial charge in [0.15, 0.2) is 0 Å². The molecule has 13 heavy (non-hydrogen) atoms. The van der Waals surface area contributed by atoms with E-state index in [9.17, 15) is 9.90 Å².